The molecule has 0 fully saturated rings. The first-order valence-corrected chi connectivity index (χ1v) is 8.70. The summed E-state index contributed by atoms with van der Waals surface area (Å²) in [7, 11) is 0. The second-order valence-corrected chi connectivity index (χ2v) is 8.32. The summed E-state index contributed by atoms with van der Waals surface area (Å²) in [4.78, 5) is 17.9. The van der Waals surface area contributed by atoms with E-state index in [9.17, 15) is 0 Å². The molecule has 6 heteroatoms. The Labute approximate surface area is 151 Å². The smallest absolute Gasteiger partial charge is 0.247 e. The molecule has 4 rings (SSSR count). The number of oxazole rings is 2. The van der Waals surface area contributed by atoms with Crippen molar-refractivity contribution in [2.75, 3.05) is 0 Å². The first-order chi connectivity index (χ1) is 12.2. The highest BCUT2D eigenvalue weighted by Crippen LogP contribution is 2.30. The Bertz CT molecular complexity index is 1050. The third-order valence-electron chi connectivity index (χ3n) is 4.35. The third kappa shape index (κ3) is 2.96. The molecule has 0 aliphatic carbocycles. The maximum Gasteiger partial charge on any atom is 0.247 e. The number of nitrogens with zero attached hydrogens (tertiary/aromatic N) is 4. The summed E-state index contributed by atoms with van der Waals surface area (Å²) in [5, 5.41) is 0. The van der Waals surface area contributed by atoms with Gasteiger partial charge in [0.15, 0.2) is 5.58 Å². The maximum absolute atomic E-state index is 5.90. The van der Waals surface area contributed by atoms with Crippen molar-refractivity contribution in [2.45, 2.75) is 51.9 Å². The molecule has 26 heavy (non-hydrogen) atoms. The molecule has 0 aliphatic rings. The molecule has 0 bridgehead atoms. The fraction of sp³-hybridized carbons (Fsp3) is 0.400. The molecule has 0 N–H and O–H groups in total. The fourth-order valence-corrected chi connectivity index (χ4v) is 2.87. The summed E-state index contributed by atoms with van der Waals surface area (Å²) in [5.41, 5.74) is 3.33. The molecule has 0 unspecified atom stereocenters. The molecule has 4 aromatic heterocycles. The van der Waals surface area contributed by atoms with Crippen molar-refractivity contribution in [3.05, 3.63) is 48.1 Å². The van der Waals surface area contributed by atoms with E-state index in [-0.39, 0.29) is 10.8 Å². The van der Waals surface area contributed by atoms with Crippen LogP contribution in [0.2, 0.25) is 0 Å². The third-order valence-corrected chi connectivity index (χ3v) is 4.35. The summed E-state index contributed by atoms with van der Waals surface area (Å²) in [6.07, 6.45) is 4.08. The Morgan fingerprint density at radius 1 is 0.846 bits per heavy atom. The number of fused-ring (bicyclic) bond motifs is 2. The van der Waals surface area contributed by atoms with Crippen molar-refractivity contribution in [3.8, 4) is 0 Å². The largest absolute Gasteiger partial charge is 0.438 e. The average Bonchev–Trinajstić information content (AvgIpc) is 3.18. The van der Waals surface area contributed by atoms with Crippen molar-refractivity contribution in [1.29, 1.82) is 0 Å². The van der Waals surface area contributed by atoms with Gasteiger partial charge in [-0.25, -0.2) is 15.0 Å². The van der Waals surface area contributed by atoms with E-state index < -0.39 is 0 Å². The van der Waals surface area contributed by atoms with Crippen LogP contribution < -0.4 is 0 Å². The van der Waals surface area contributed by atoms with E-state index in [1.165, 1.54) is 0 Å². The number of hydrogen-bond acceptors (Lipinski definition) is 6. The number of rotatable bonds is 3. The highest BCUT2D eigenvalue weighted by atomic mass is 16.4. The van der Waals surface area contributed by atoms with Gasteiger partial charge in [0, 0.05) is 29.1 Å². The Balaban J connectivity index is 1.66. The zero-order valence-corrected chi connectivity index (χ0v) is 15.7. The molecule has 0 saturated carbocycles. The van der Waals surface area contributed by atoms with Crippen LogP contribution in [-0.2, 0) is 17.3 Å². The van der Waals surface area contributed by atoms with E-state index in [2.05, 4.69) is 54.6 Å². The average molecular weight is 350 g/mol. The van der Waals surface area contributed by atoms with E-state index >= 15 is 0 Å². The minimum Gasteiger partial charge on any atom is -0.438 e. The molecule has 0 amide bonds. The Kier molecular flexibility index (Phi) is 3.61. The summed E-state index contributed by atoms with van der Waals surface area (Å²) in [6.45, 7) is 10.4. The van der Waals surface area contributed by atoms with Gasteiger partial charge in [-0.3, -0.25) is 4.98 Å². The molecular weight excluding hydrogens is 328 g/mol. The summed E-state index contributed by atoms with van der Waals surface area (Å²) in [6, 6.07) is 5.80. The van der Waals surface area contributed by atoms with Crippen molar-refractivity contribution in [1.82, 2.24) is 19.9 Å². The van der Waals surface area contributed by atoms with Crippen LogP contribution in [0.25, 0.3) is 22.3 Å². The lowest BCUT2D eigenvalue weighted by Gasteiger charge is -2.19. The lowest BCUT2D eigenvalue weighted by atomic mass is 9.87. The van der Waals surface area contributed by atoms with Gasteiger partial charge in [0.1, 0.15) is 11.0 Å². The van der Waals surface area contributed by atoms with Crippen LogP contribution in [0.5, 0.6) is 0 Å². The van der Waals surface area contributed by atoms with Crippen LogP contribution in [-0.4, -0.2) is 19.9 Å². The fourth-order valence-electron chi connectivity index (χ4n) is 2.87. The molecule has 4 aromatic rings. The van der Waals surface area contributed by atoms with Crippen molar-refractivity contribution in [2.24, 2.45) is 0 Å². The Hall–Kier alpha value is -2.76. The molecular formula is C20H22N4O2. The second kappa shape index (κ2) is 5.62. The van der Waals surface area contributed by atoms with Gasteiger partial charge in [0.2, 0.25) is 17.5 Å². The highest BCUT2D eigenvalue weighted by Gasteiger charge is 2.29. The maximum atomic E-state index is 5.90. The first-order valence-electron chi connectivity index (χ1n) is 8.70. The molecule has 6 nitrogen and oxygen atoms in total. The van der Waals surface area contributed by atoms with Crippen LogP contribution in [0.1, 0.15) is 52.1 Å². The van der Waals surface area contributed by atoms with Gasteiger partial charge in [0.05, 0.1) is 6.20 Å². The SMILES string of the molecule is CC(C)(C)c1nc2ccc(CC(C)(C)c3nc4ccncc4o3)nc2o1. The van der Waals surface area contributed by atoms with Gasteiger partial charge in [0.25, 0.3) is 0 Å². The summed E-state index contributed by atoms with van der Waals surface area (Å²) < 4.78 is 11.8. The van der Waals surface area contributed by atoms with Crippen LogP contribution in [0, 0.1) is 0 Å². The lowest BCUT2D eigenvalue weighted by molar-refractivity contribution is 0.377. The molecule has 0 aliphatic heterocycles. The number of aromatic nitrogens is 4. The Morgan fingerprint density at radius 2 is 1.62 bits per heavy atom. The van der Waals surface area contributed by atoms with Gasteiger partial charge in [-0.05, 0) is 18.2 Å². The number of hydrogen-bond donors (Lipinski definition) is 0. The highest BCUT2D eigenvalue weighted by molar-refractivity contribution is 5.71. The minimum atomic E-state index is -0.313. The zero-order chi connectivity index (χ0) is 18.5. The van der Waals surface area contributed by atoms with E-state index in [0.29, 0.717) is 29.5 Å². The normalized spacial score (nSPS) is 13.0. The van der Waals surface area contributed by atoms with Gasteiger partial charge >= 0.3 is 0 Å². The van der Waals surface area contributed by atoms with E-state index in [4.69, 9.17) is 8.83 Å². The van der Waals surface area contributed by atoms with Crippen molar-refractivity contribution < 1.29 is 8.83 Å². The van der Waals surface area contributed by atoms with E-state index in [1.807, 2.05) is 18.2 Å². The standard InChI is InChI=1S/C20H22N4O2/c1-19(2,3)17-24-14-7-6-12(22-16(14)26-17)10-20(4,5)18-23-13-8-9-21-11-15(13)25-18/h6-9,11H,10H2,1-5H3. The van der Waals surface area contributed by atoms with Crippen LogP contribution in [0.4, 0.5) is 0 Å². The molecule has 0 aromatic carbocycles. The van der Waals surface area contributed by atoms with E-state index in [0.717, 1.165) is 16.7 Å². The summed E-state index contributed by atoms with van der Waals surface area (Å²) >= 11 is 0. The predicted octanol–water partition coefficient (Wildman–Crippen LogP) is 4.58. The second-order valence-electron chi connectivity index (χ2n) is 8.32. The van der Waals surface area contributed by atoms with Crippen LogP contribution in [0.3, 0.4) is 0 Å². The molecule has 134 valence electrons. The molecule has 0 radical (unpaired) electrons. The minimum absolute atomic E-state index is 0.146. The van der Waals surface area contributed by atoms with Gasteiger partial charge in [-0.2, -0.15) is 0 Å². The van der Waals surface area contributed by atoms with Gasteiger partial charge in [-0.15, -0.1) is 0 Å². The van der Waals surface area contributed by atoms with Crippen molar-refractivity contribution in [3.63, 3.8) is 0 Å². The summed E-state index contributed by atoms with van der Waals surface area (Å²) in [5.74, 6) is 1.37. The molecule has 0 atom stereocenters. The molecule has 0 spiro atoms. The first kappa shape index (κ1) is 16.7. The zero-order valence-electron chi connectivity index (χ0n) is 15.7. The predicted molar refractivity (Wildman–Crippen MR) is 99.0 cm³/mol. The van der Waals surface area contributed by atoms with Gasteiger partial charge < -0.3 is 8.83 Å². The molecule has 0 saturated heterocycles. The van der Waals surface area contributed by atoms with Crippen LogP contribution in [0.15, 0.2) is 39.4 Å². The van der Waals surface area contributed by atoms with Crippen LogP contribution >= 0.6 is 0 Å². The number of pyridine rings is 2. The van der Waals surface area contributed by atoms with E-state index in [1.54, 1.807) is 12.4 Å². The quantitative estimate of drug-likeness (QED) is 0.538. The monoisotopic (exact) mass is 350 g/mol. The van der Waals surface area contributed by atoms with Crippen molar-refractivity contribution >= 4 is 22.3 Å². The lowest BCUT2D eigenvalue weighted by Crippen LogP contribution is -2.21. The Morgan fingerprint density at radius 3 is 2.35 bits per heavy atom. The van der Waals surface area contributed by atoms with Gasteiger partial charge in [-0.1, -0.05) is 34.6 Å². The molecule has 4 heterocycles. The topological polar surface area (TPSA) is 77.8 Å².